The SMILES string of the molecule is O=C(NCc1ccc(OC(F)F)cc1)c1ccc(I)cc1. The molecule has 1 N–H and O–H groups in total. The van der Waals surface area contributed by atoms with Crippen LogP contribution < -0.4 is 10.1 Å². The second kappa shape index (κ2) is 7.35. The van der Waals surface area contributed by atoms with E-state index < -0.39 is 6.61 Å². The first-order valence-electron chi connectivity index (χ1n) is 6.12. The van der Waals surface area contributed by atoms with E-state index >= 15 is 0 Å². The fourth-order valence-corrected chi connectivity index (χ4v) is 2.03. The third-order valence-electron chi connectivity index (χ3n) is 2.71. The van der Waals surface area contributed by atoms with Crippen LogP contribution in [0.5, 0.6) is 5.75 Å². The Balaban J connectivity index is 1.90. The summed E-state index contributed by atoms with van der Waals surface area (Å²) in [6.07, 6.45) is 0. The molecule has 110 valence electrons. The largest absolute Gasteiger partial charge is 0.435 e. The van der Waals surface area contributed by atoms with Crippen molar-refractivity contribution in [2.24, 2.45) is 0 Å². The molecule has 0 fully saturated rings. The molecule has 0 unspecified atom stereocenters. The summed E-state index contributed by atoms with van der Waals surface area (Å²) >= 11 is 2.16. The molecule has 0 spiro atoms. The predicted octanol–water partition coefficient (Wildman–Crippen LogP) is 3.82. The summed E-state index contributed by atoms with van der Waals surface area (Å²) in [5.74, 6) is -0.0861. The molecule has 0 heterocycles. The normalized spacial score (nSPS) is 10.5. The molecular weight excluding hydrogens is 391 g/mol. The second-order valence-electron chi connectivity index (χ2n) is 4.21. The van der Waals surface area contributed by atoms with Gasteiger partial charge >= 0.3 is 6.61 Å². The van der Waals surface area contributed by atoms with Gasteiger partial charge in [-0.1, -0.05) is 12.1 Å². The van der Waals surface area contributed by atoms with Crippen LogP contribution in [0.1, 0.15) is 15.9 Å². The quantitative estimate of drug-likeness (QED) is 0.772. The fraction of sp³-hybridized carbons (Fsp3) is 0.133. The summed E-state index contributed by atoms with van der Waals surface area (Å²) < 4.78 is 29.3. The Morgan fingerprint density at radius 1 is 1.10 bits per heavy atom. The Morgan fingerprint density at radius 2 is 1.71 bits per heavy atom. The van der Waals surface area contributed by atoms with E-state index in [1.54, 1.807) is 24.3 Å². The highest BCUT2D eigenvalue weighted by Gasteiger charge is 2.06. The predicted molar refractivity (Wildman–Crippen MR) is 83.4 cm³/mol. The first-order valence-corrected chi connectivity index (χ1v) is 7.20. The minimum Gasteiger partial charge on any atom is -0.435 e. The Morgan fingerprint density at radius 3 is 2.29 bits per heavy atom. The number of benzene rings is 2. The van der Waals surface area contributed by atoms with E-state index in [0.29, 0.717) is 12.1 Å². The van der Waals surface area contributed by atoms with Gasteiger partial charge in [0.15, 0.2) is 0 Å². The monoisotopic (exact) mass is 403 g/mol. The van der Waals surface area contributed by atoms with Gasteiger partial charge in [-0.2, -0.15) is 8.78 Å². The summed E-state index contributed by atoms with van der Waals surface area (Å²) in [6.45, 7) is -2.52. The van der Waals surface area contributed by atoms with Crippen LogP contribution in [-0.2, 0) is 6.54 Å². The lowest BCUT2D eigenvalue weighted by Gasteiger charge is -2.07. The number of ether oxygens (including phenoxy) is 1. The molecule has 0 radical (unpaired) electrons. The molecule has 0 saturated heterocycles. The molecule has 2 rings (SSSR count). The minimum absolute atomic E-state index is 0.0951. The van der Waals surface area contributed by atoms with E-state index in [-0.39, 0.29) is 11.7 Å². The summed E-state index contributed by atoms with van der Waals surface area (Å²) in [5, 5.41) is 2.76. The molecule has 6 heteroatoms. The van der Waals surface area contributed by atoms with Crippen molar-refractivity contribution in [3.8, 4) is 5.75 Å². The number of hydrogen-bond donors (Lipinski definition) is 1. The molecule has 0 aromatic heterocycles. The van der Waals surface area contributed by atoms with Crippen molar-refractivity contribution in [2.75, 3.05) is 0 Å². The van der Waals surface area contributed by atoms with Gasteiger partial charge in [-0.3, -0.25) is 4.79 Å². The van der Waals surface area contributed by atoms with Crippen LogP contribution in [0.15, 0.2) is 48.5 Å². The molecular formula is C15H12F2INO2. The van der Waals surface area contributed by atoms with Gasteiger partial charge in [-0.25, -0.2) is 0 Å². The molecule has 0 aliphatic heterocycles. The zero-order chi connectivity index (χ0) is 15.2. The maximum absolute atomic E-state index is 12.0. The van der Waals surface area contributed by atoms with Crippen LogP contribution in [0.2, 0.25) is 0 Å². The zero-order valence-corrected chi connectivity index (χ0v) is 13.0. The van der Waals surface area contributed by atoms with Crippen molar-refractivity contribution in [3.05, 3.63) is 63.2 Å². The third-order valence-corrected chi connectivity index (χ3v) is 3.43. The molecule has 0 aliphatic rings. The van der Waals surface area contributed by atoms with Crippen LogP contribution in [0.4, 0.5) is 8.78 Å². The van der Waals surface area contributed by atoms with E-state index in [9.17, 15) is 13.6 Å². The smallest absolute Gasteiger partial charge is 0.387 e. The lowest BCUT2D eigenvalue weighted by molar-refractivity contribution is -0.0498. The average Bonchev–Trinajstić information content (AvgIpc) is 2.46. The van der Waals surface area contributed by atoms with Gasteiger partial charge in [0, 0.05) is 15.7 Å². The van der Waals surface area contributed by atoms with Gasteiger partial charge in [0.25, 0.3) is 5.91 Å². The first kappa shape index (κ1) is 15.7. The number of carbonyl (C=O) groups excluding carboxylic acids is 1. The molecule has 3 nitrogen and oxygen atoms in total. The van der Waals surface area contributed by atoms with Gasteiger partial charge in [-0.05, 0) is 64.6 Å². The standard InChI is InChI=1S/C15H12F2INO2/c16-15(17)21-13-7-1-10(2-8-13)9-19-14(20)11-3-5-12(18)6-4-11/h1-8,15H,9H2,(H,19,20). The zero-order valence-electron chi connectivity index (χ0n) is 10.9. The van der Waals surface area contributed by atoms with Crippen molar-refractivity contribution in [1.29, 1.82) is 0 Å². The number of carbonyl (C=O) groups is 1. The molecule has 1 amide bonds. The van der Waals surface area contributed by atoms with Crippen molar-refractivity contribution in [2.45, 2.75) is 13.2 Å². The van der Waals surface area contributed by atoms with Crippen LogP contribution in [0.3, 0.4) is 0 Å². The Kier molecular flexibility index (Phi) is 5.49. The van der Waals surface area contributed by atoms with Crippen molar-refractivity contribution in [1.82, 2.24) is 5.32 Å². The molecule has 0 atom stereocenters. The highest BCUT2D eigenvalue weighted by Crippen LogP contribution is 2.15. The summed E-state index contributed by atoms with van der Waals surface area (Å²) in [5.41, 5.74) is 1.38. The van der Waals surface area contributed by atoms with E-state index in [1.165, 1.54) is 12.1 Å². The minimum atomic E-state index is -2.84. The van der Waals surface area contributed by atoms with Gasteiger partial charge in [0.2, 0.25) is 0 Å². The Labute approximate surface area is 134 Å². The molecule has 2 aromatic rings. The van der Waals surface area contributed by atoms with Crippen LogP contribution in [-0.4, -0.2) is 12.5 Å². The number of hydrogen-bond acceptors (Lipinski definition) is 2. The van der Waals surface area contributed by atoms with Crippen LogP contribution in [0, 0.1) is 3.57 Å². The van der Waals surface area contributed by atoms with Crippen LogP contribution in [0.25, 0.3) is 0 Å². The average molecular weight is 403 g/mol. The topological polar surface area (TPSA) is 38.3 Å². The second-order valence-corrected chi connectivity index (χ2v) is 5.46. The highest BCUT2D eigenvalue weighted by molar-refractivity contribution is 14.1. The lowest BCUT2D eigenvalue weighted by atomic mass is 10.2. The summed E-state index contributed by atoms with van der Waals surface area (Å²) in [6, 6.07) is 13.3. The number of alkyl halides is 2. The molecule has 0 saturated carbocycles. The van der Waals surface area contributed by atoms with Crippen LogP contribution >= 0.6 is 22.6 Å². The maximum Gasteiger partial charge on any atom is 0.387 e. The molecule has 0 bridgehead atoms. The Hall–Kier alpha value is -1.70. The van der Waals surface area contributed by atoms with Gasteiger partial charge < -0.3 is 10.1 Å². The van der Waals surface area contributed by atoms with Gasteiger partial charge in [0.1, 0.15) is 5.75 Å². The highest BCUT2D eigenvalue weighted by atomic mass is 127. The maximum atomic E-state index is 12.0. The summed E-state index contributed by atoms with van der Waals surface area (Å²) in [4.78, 5) is 11.9. The lowest BCUT2D eigenvalue weighted by Crippen LogP contribution is -2.22. The van der Waals surface area contributed by atoms with E-state index in [2.05, 4.69) is 32.6 Å². The van der Waals surface area contributed by atoms with Crippen molar-refractivity contribution in [3.63, 3.8) is 0 Å². The fourth-order valence-electron chi connectivity index (χ4n) is 1.67. The number of amides is 1. The number of nitrogens with one attached hydrogen (secondary N) is 1. The third kappa shape index (κ3) is 4.96. The number of rotatable bonds is 5. The van der Waals surface area contributed by atoms with E-state index in [1.807, 2.05) is 12.1 Å². The Bertz CT molecular complexity index is 600. The van der Waals surface area contributed by atoms with Gasteiger partial charge in [0.05, 0.1) is 0 Å². The molecule has 2 aromatic carbocycles. The molecule has 21 heavy (non-hydrogen) atoms. The molecule has 0 aliphatic carbocycles. The van der Waals surface area contributed by atoms with E-state index in [4.69, 9.17) is 0 Å². The van der Waals surface area contributed by atoms with Gasteiger partial charge in [-0.15, -0.1) is 0 Å². The van der Waals surface area contributed by atoms with Crippen molar-refractivity contribution >= 4 is 28.5 Å². The van der Waals surface area contributed by atoms with Crippen molar-refractivity contribution < 1.29 is 18.3 Å². The van der Waals surface area contributed by atoms with E-state index in [0.717, 1.165) is 9.13 Å². The first-order chi connectivity index (χ1) is 10.0. The number of halogens is 3. The summed E-state index contributed by atoms with van der Waals surface area (Å²) in [7, 11) is 0.